The van der Waals surface area contributed by atoms with E-state index in [0.717, 1.165) is 27.5 Å². The van der Waals surface area contributed by atoms with Crippen LogP contribution in [0.1, 0.15) is 70.7 Å². The Morgan fingerprint density at radius 2 is 1.44 bits per heavy atom. The van der Waals surface area contributed by atoms with E-state index in [1.165, 1.54) is 0 Å². The van der Waals surface area contributed by atoms with Crippen molar-refractivity contribution < 1.29 is 14.6 Å². The van der Waals surface area contributed by atoms with Gasteiger partial charge in [0.25, 0.3) is 0 Å². The lowest BCUT2D eigenvalue weighted by Gasteiger charge is -2.29. The molecular weight excluding hydrogens is 422 g/mol. The van der Waals surface area contributed by atoms with Gasteiger partial charge in [0, 0.05) is 16.7 Å². The quantitative estimate of drug-likeness (QED) is 0.260. The monoisotopic (exact) mass is 455 g/mol. The third-order valence-corrected chi connectivity index (χ3v) is 5.89. The maximum Gasteiger partial charge on any atom is 0.349 e. The van der Waals surface area contributed by atoms with Crippen molar-refractivity contribution in [1.29, 1.82) is 5.26 Å². The Labute approximate surface area is 202 Å². The van der Waals surface area contributed by atoms with Gasteiger partial charge in [-0.15, -0.1) is 0 Å². The van der Waals surface area contributed by atoms with Gasteiger partial charge in [-0.05, 0) is 57.9 Å². The van der Waals surface area contributed by atoms with Crippen LogP contribution in [0.15, 0.2) is 60.2 Å². The minimum atomic E-state index is -0.657. The van der Waals surface area contributed by atoms with Crippen molar-refractivity contribution in [2.75, 3.05) is 6.61 Å². The average molecular weight is 456 g/mol. The van der Waals surface area contributed by atoms with Crippen molar-refractivity contribution in [2.24, 2.45) is 0 Å². The fourth-order valence-electron chi connectivity index (χ4n) is 4.13. The molecule has 0 saturated carbocycles. The van der Waals surface area contributed by atoms with E-state index in [0.29, 0.717) is 11.1 Å². The number of benzene rings is 3. The Kier molecular flexibility index (Phi) is 6.89. The summed E-state index contributed by atoms with van der Waals surface area (Å²) in [7, 11) is 0. The third-order valence-electron chi connectivity index (χ3n) is 5.89. The summed E-state index contributed by atoms with van der Waals surface area (Å²) in [6.45, 7) is 14.1. The van der Waals surface area contributed by atoms with Crippen molar-refractivity contribution >= 4 is 22.3 Å². The number of carbonyl (C=O) groups is 1. The van der Waals surface area contributed by atoms with E-state index in [1.807, 2.05) is 96.1 Å². The van der Waals surface area contributed by atoms with E-state index < -0.39 is 5.97 Å². The Hall–Kier alpha value is -3.58. The number of fused-ring (bicyclic) bond motifs is 1. The smallest absolute Gasteiger partial charge is 0.349 e. The molecule has 0 saturated heterocycles. The number of phenols is 1. The molecule has 3 aromatic carbocycles. The van der Waals surface area contributed by atoms with Gasteiger partial charge in [-0.25, -0.2) is 4.79 Å². The summed E-state index contributed by atoms with van der Waals surface area (Å²) < 4.78 is 5.26. The van der Waals surface area contributed by atoms with Gasteiger partial charge in [0.15, 0.2) is 0 Å². The highest BCUT2D eigenvalue weighted by atomic mass is 16.5. The minimum Gasteiger partial charge on any atom is -0.507 e. The van der Waals surface area contributed by atoms with E-state index in [-0.39, 0.29) is 28.8 Å². The van der Waals surface area contributed by atoms with Gasteiger partial charge < -0.3 is 9.84 Å². The fraction of sp³-hybridized carbons (Fsp3) is 0.333. The van der Waals surface area contributed by atoms with Gasteiger partial charge in [-0.3, -0.25) is 0 Å². The third kappa shape index (κ3) is 4.99. The van der Waals surface area contributed by atoms with Crippen LogP contribution in [0, 0.1) is 11.3 Å². The number of hydrogen-bond donors (Lipinski definition) is 1. The molecule has 0 aliphatic carbocycles. The van der Waals surface area contributed by atoms with Gasteiger partial charge in [-0.2, -0.15) is 5.26 Å². The number of esters is 1. The van der Waals surface area contributed by atoms with Crippen LogP contribution >= 0.6 is 0 Å². The molecule has 0 aliphatic rings. The number of rotatable bonds is 4. The second-order valence-electron chi connectivity index (χ2n) is 10.6. The lowest BCUT2D eigenvalue weighted by Crippen LogP contribution is -2.18. The molecule has 4 nitrogen and oxygen atoms in total. The number of ether oxygens (including phenoxy) is 1. The van der Waals surface area contributed by atoms with E-state index in [1.54, 1.807) is 6.92 Å². The molecule has 0 spiro atoms. The molecule has 0 atom stereocenters. The highest BCUT2D eigenvalue weighted by Crippen LogP contribution is 2.42. The van der Waals surface area contributed by atoms with Crippen LogP contribution in [0.3, 0.4) is 0 Å². The maximum atomic E-state index is 12.9. The molecule has 0 fully saturated rings. The molecule has 3 rings (SSSR count). The molecular formula is C30H33NO3. The molecule has 34 heavy (non-hydrogen) atoms. The van der Waals surface area contributed by atoms with E-state index in [9.17, 15) is 15.2 Å². The zero-order valence-electron chi connectivity index (χ0n) is 21.1. The highest BCUT2D eigenvalue weighted by Gasteiger charge is 2.29. The van der Waals surface area contributed by atoms with Crippen molar-refractivity contribution in [3.8, 4) is 11.8 Å². The number of phenolic OH excluding ortho intramolecular Hbond substituents is 1. The first-order valence-corrected chi connectivity index (χ1v) is 11.6. The first kappa shape index (κ1) is 25.1. The molecule has 0 amide bonds. The largest absolute Gasteiger partial charge is 0.507 e. The minimum absolute atomic E-state index is 0.0532. The fourth-order valence-corrected chi connectivity index (χ4v) is 4.13. The number of nitrogens with zero attached hydrogens (tertiary/aromatic N) is 1. The first-order valence-electron chi connectivity index (χ1n) is 11.6. The maximum absolute atomic E-state index is 12.9. The van der Waals surface area contributed by atoms with Crippen LogP contribution < -0.4 is 0 Å². The zero-order chi connectivity index (χ0) is 25.3. The number of nitriles is 1. The first-order chi connectivity index (χ1) is 15.9. The normalized spacial score (nSPS) is 12.8. The predicted octanol–water partition coefficient (Wildman–Crippen LogP) is 7.03. The summed E-state index contributed by atoms with van der Waals surface area (Å²) in [5, 5.41) is 23.3. The summed E-state index contributed by atoms with van der Waals surface area (Å²) in [5.41, 5.74) is 2.70. The molecule has 1 N–H and O–H groups in total. The highest BCUT2D eigenvalue weighted by molar-refractivity contribution is 6.06. The van der Waals surface area contributed by atoms with Crippen molar-refractivity contribution in [2.45, 2.75) is 59.3 Å². The van der Waals surface area contributed by atoms with E-state index in [2.05, 4.69) is 6.07 Å². The van der Waals surface area contributed by atoms with Crippen LogP contribution in [0.2, 0.25) is 0 Å². The Balaban J connectivity index is 2.46. The van der Waals surface area contributed by atoms with Crippen molar-refractivity contribution in [3.05, 3.63) is 82.4 Å². The van der Waals surface area contributed by atoms with Crippen molar-refractivity contribution in [3.63, 3.8) is 0 Å². The van der Waals surface area contributed by atoms with E-state index >= 15 is 0 Å². The summed E-state index contributed by atoms with van der Waals surface area (Å²) in [6.07, 6.45) is 0. The zero-order valence-corrected chi connectivity index (χ0v) is 21.1. The summed E-state index contributed by atoms with van der Waals surface area (Å²) in [6, 6.07) is 19.8. The van der Waals surface area contributed by atoms with Crippen LogP contribution in [-0.2, 0) is 20.4 Å². The predicted molar refractivity (Wildman–Crippen MR) is 138 cm³/mol. The van der Waals surface area contributed by atoms with Gasteiger partial charge in [0.1, 0.15) is 17.4 Å². The second kappa shape index (κ2) is 9.35. The van der Waals surface area contributed by atoms with Gasteiger partial charge in [0.2, 0.25) is 0 Å². The molecule has 0 heterocycles. The molecule has 4 heteroatoms. The standard InChI is InChI=1S/C30H33NO3/c1-8-34-28(33)23(18-31)26(21-14-13-19-11-9-10-12-20(19)15-21)22-16-24(29(2,3)4)27(32)25(17-22)30(5,6)7/h9-17,32H,8H2,1-7H3. The van der Waals surface area contributed by atoms with E-state index in [4.69, 9.17) is 4.74 Å². The number of carbonyl (C=O) groups excluding carboxylic acids is 1. The lowest BCUT2D eigenvalue weighted by molar-refractivity contribution is -0.137. The Bertz CT molecular complexity index is 1280. The molecule has 176 valence electrons. The van der Waals surface area contributed by atoms with Crippen LogP contribution in [0.4, 0.5) is 0 Å². The number of hydrogen-bond acceptors (Lipinski definition) is 4. The molecule has 3 aromatic rings. The lowest BCUT2D eigenvalue weighted by atomic mass is 9.76. The summed E-state index contributed by atoms with van der Waals surface area (Å²) in [4.78, 5) is 12.9. The molecule has 0 radical (unpaired) electrons. The average Bonchev–Trinajstić information content (AvgIpc) is 2.76. The topological polar surface area (TPSA) is 70.3 Å². The summed E-state index contributed by atoms with van der Waals surface area (Å²) in [5.74, 6) is -0.410. The van der Waals surface area contributed by atoms with Crippen LogP contribution in [-0.4, -0.2) is 17.7 Å². The van der Waals surface area contributed by atoms with Crippen LogP contribution in [0.25, 0.3) is 16.3 Å². The number of aromatic hydroxyl groups is 1. The SMILES string of the molecule is CCOC(=O)C(C#N)=C(c1cc(C(C)(C)C)c(O)c(C(C)(C)C)c1)c1ccc2ccccc2c1. The summed E-state index contributed by atoms with van der Waals surface area (Å²) >= 11 is 0. The second-order valence-corrected chi connectivity index (χ2v) is 10.6. The van der Waals surface area contributed by atoms with Crippen molar-refractivity contribution in [1.82, 2.24) is 0 Å². The van der Waals surface area contributed by atoms with Crippen LogP contribution in [0.5, 0.6) is 5.75 Å². The van der Waals surface area contributed by atoms with Gasteiger partial charge in [0.05, 0.1) is 6.61 Å². The molecule has 0 aromatic heterocycles. The molecule has 0 unspecified atom stereocenters. The molecule has 0 aliphatic heterocycles. The Morgan fingerprint density at radius 1 is 0.882 bits per heavy atom. The van der Waals surface area contributed by atoms with Gasteiger partial charge >= 0.3 is 5.97 Å². The Morgan fingerprint density at radius 3 is 1.94 bits per heavy atom. The van der Waals surface area contributed by atoms with Gasteiger partial charge in [-0.1, -0.05) is 77.9 Å². The molecule has 0 bridgehead atoms.